The first-order valence-corrected chi connectivity index (χ1v) is 13.8. The van der Waals surface area contributed by atoms with Gasteiger partial charge in [-0.3, -0.25) is 19.3 Å². The summed E-state index contributed by atoms with van der Waals surface area (Å²) < 4.78 is 19.0. The van der Waals surface area contributed by atoms with Crippen molar-refractivity contribution in [3.05, 3.63) is 70.5 Å². The van der Waals surface area contributed by atoms with Gasteiger partial charge in [-0.2, -0.15) is 0 Å². The maximum atomic E-state index is 13.9. The zero-order valence-electron chi connectivity index (χ0n) is 22.8. The second kappa shape index (κ2) is 12.6. The summed E-state index contributed by atoms with van der Waals surface area (Å²) >= 11 is 6.04. The number of primary amides is 1. The Morgan fingerprint density at radius 2 is 1.77 bits per heavy atom. The van der Waals surface area contributed by atoms with Crippen LogP contribution < -0.4 is 16.8 Å². The van der Waals surface area contributed by atoms with Crippen molar-refractivity contribution in [1.82, 2.24) is 15.1 Å². The Labute approximate surface area is 238 Å². The second-order valence-corrected chi connectivity index (χ2v) is 11.3. The van der Waals surface area contributed by atoms with Gasteiger partial charge in [0.1, 0.15) is 11.9 Å². The summed E-state index contributed by atoms with van der Waals surface area (Å²) in [7, 11) is 1.56. The molecule has 9 nitrogen and oxygen atoms in total. The van der Waals surface area contributed by atoms with Crippen LogP contribution in [0.1, 0.15) is 36.8 Å². The van der Waals surface area contributed by atoms with E-state index in [-0.39, 0.29) is 42.7 Å². The van der Waals surface area contributed by atoms with Crippen molar-refractivity contribution >= 4 is 29.3 Å². The van der Waals surface area contributed by atoms with E-state index < -0.39 is 23.4 Å². The molecular formula is C29H37ClFN5O4. The summed E-state index contributed by atoms with van der Waals surface area (Å²) in [6.07, 6.45) is 1.32. The van der Waals surface area contributed by atoms with E-state index in [4.69, 9.17) is 27.8 Å². The normalized spacial score (nSPS) is 20.8. The van der Waals surface area contributed by atoms with Crippen LogP contribution in [0.15, 0.2) is 48.5 Å². The first kappa shape index (κ1) is 29.9. The SMILES string of the molecule is COCC1CN(C(C)C(C(N)=O)c2ccc(Cl)cc2)CCN1C(=O)C(Cc1ccc(F)cc1)NC(=O)C1(N)CC1. The molecule has 2 aromatic carbocycles. The highest BCUT2D eigenvalue weighted by Gasteiger charge is 2.47. The summed E-state index contributed by atoms with van der Waals surface area (Å²) in [5, 5.41) is 3.43. The molecule has 0 radical (unpaired) electrons. The number of benzene rings is 2. The first-order valence-electron chi connectivity index (χ1n) is 13.4. The fourth-order valence-corrected chi connectivity index (χ4v) is 5.48. The van der Waals surface area contributed by atoms with Crippen LogP contribution >= 0.6 is 11.6 Å². The molecule has 216 valence electrons. The van der Waals surface area contributed by atoms with Crippen molar-refractivity contribution < 1.29 is 23.5 Å². The highest BCUT2D eigenvalue weighted by atomic mass is 35.5. The monoisotopic (exact) mass is 573 g/mol. The van der Waals surface area contributed by atoms with Crippen molar-refractivity contribution in [3.8, 4) is 0 Å². The molecule has 2 aliphatic rings. The maximum absolute atomic E-state index is 13.9. The number of piperazine rings is 1. The molecule has 1 aliphatic carbocycles. The Morgan fingerprint density at radius 1 is 1.12 bits per heavy atom. The summed E-state index contributed by atoms with van der Waals surface area (Å²) in [5.41, 5.74) is 12.5. The van der Waals surface area contributed by atoms with Gasteiger partial charge in [0, 0.05) is 44.2 Å². The van der Waals surface area contributed by atoms with Crippen LogP contribution in [-0.4, -0.2) is 84.5 Å². The third-order valence-electron chi connectivity index (χ3n) is 7.95. The van der Waals surface area contributed by atoms with E-state index >= 15 is 0 Å². The Balaban J connectivity index is 1.52. The highest BCUT2D eigenvalue weighted by Crippen LogP contribution is 2.32. The quantitative estimate of drug-likeness (QED) is 0.376. The van der Waals surface area contributed by atoms with Gasteiger partial charge in [0.25, 0.3) is 0 Å². The van der Waals surface area contributed by atoms with Crippen LogP contribution in [-0.2, 0) is 25.5 Å². The second-order valence-electron chi connectivity index (χ2n) is 10.8. The number of halogens is 2. The van der Waals surface area contributed by atoms with E-state index in [9.17, 15) is 18.8 Å². The largest absolute Gasteiger partial charge is 0.382 e. The molecule has 11 heteroatoms. The maximum Gasteiger partial charge on any atom is 0.245 e. The smallest absolute Gasteiger partial charge is 0.245 e. The van der Waals surface area contributed by atoms with E-state index in [1.807, 2.05) is 6.92 Å². The van der Waals surface area contributed by atoms with Crippen LogP contribution in [0.2, 0.25) is 5.02 Å². The lowest BCUT2D eigenvalue weighted by atomic mass is 9.90. The number of amides is 3. The van der Waals surface area contributed by atoms with Gasteiger partial charge in [-0.05, 0) is 55.2 Å². The molecule has 4 unspecified atom stereocenters. The fourth-order valence-electron chi connectivity index (χ4n) is 5.36. The third kappa shape index (κ3) is 6.98. The van der Waals surface area contributed by atoms with Gasteiger partial charge in [-0.1, -0.05) is 35.9 Å². The molecule has 1 heterocycles. The van der Waals surface area contributed by atoms with Gasteiger partial charge < -0.3 is 26.4 Å². The lowest BCUT2D eigenvalue weighted by Crippen LogP contribution is -2.63. The Hall–Kier alpha value is -3.05. The minimum Gasteiger partial charge on any atom is -0.382 e. The molecule has 2 fully saturated rings. The van der Waals surface area contributed by atoms with Gasteiger partial charge in [0.05, 0.1) is 24.1 Å². The number of nitrogens with one attached hydrogen (secondary N) is 1. The number of carbonyl (C=O) groups is 3. The van der Waals surface area contributed by atoms with E-state index in [2.05, 4.69) is 10.2 Å². The first-order chi connectivity index (χ1) is 19.0. The van der Waals surface area contributed by atoms with Crippen LogP contribution in [0.4, 0.5) is 4.39 Å². The van der Waals surface area contributed by atoms with Crippen molar-refractivity contribution in [2.24, 2.45) is 11.5 Å². The van der Waals surface area contributed by atoms with Crippen LogP contribution in [0, 0.1) is 5.82 Å². The number of methoxy groups -OCH3 is 1. The molecule has 1 aliphatic heterocycles. The fraction of sp³-hybridized carbons (Fsp3) is 0.483. The molecule has 0 bridgehead atoms. The molecule has 1 saturated heterocycles. The summed E-state index contributed by atoms with van der Waals surface area (Å²) in [6.45, 7) is 3.49. The lowest BCUT2D eigenvalue weighted by molar-refractivity contribution is -0.143. The van der Waals surface area contributed by atoms with Crippen molar-refractivity contribution in [1.29, 1.82) is 0 Å². The number of rotatable bonds is 11. The Bertz CT molecular complexity index is 1210. The molecule has 4 rings (SSSR count). The Kier molecular flexibility index (Phi) is 9.45. The molecule has 40 heavy (non-hydrogen) atoms. The molecule has 4 atom stereocenters. The Morgan fingerprint density at radius 3 is 2.35 bits per heavy atom. The third-order valence-corrected chi connectivity index (χ3v) is 8.20. The van der Waals surface area contributed by atoms with Crippen LogP contribution in [0.25, 0.3) is 0 Å². The average molecular weight is 574 g/mol. The topological polar surface area (TPSA) is 131 Å². The zero-order chi connectivity index (χ0) is 29.0. The standard InChI is InChI=1S/C29H37ClFN5O4/c1-18(25(26(32)37)20-5-7-21(30)8-6-20)35-13-14-36(23(16-35)17-40-2)27(38)24(34-28(39)29(33)11-12-29)15-19-3-9-22(31)10-4-19/h3-10,18,23-25H,11-17,33H2,1-2H3,(H2,32,37)(H,34,39). The molecule has 0 aromatic heterocycles. The molecule has 2 aromatic rings. The number of carbonyl (C=O) groups excluding carboxylic acids is 3. The van der Waals surface area contributed by atoms with Gasteiger partial charge in [0.2, 0.25) is 17.7 Å². The van der Waals surface area contributed by atoms with Crippen molar-refractivity contribution in [2.45, 2.75) is 55.8 Å². The van der Waals surface area contributed by atoms with E-state index in [1.165, 1.54) is 12.1 Å². The highest BCUT2D eigenvalue weighted by molar-refractivity contribution is 6.30. The van der Waals surface area contributed by atoms with E-state index in [0.29, 0.717) is 43.1 Å². The number of nitrogens with zero attached hydrogens (tertiary/aromatic N) is 2. The van der Waals surface area contributed by atoms with Gasteiger partial charge in [-0.25, -0.2) is 4.39 Å². The average Bonchev–Trinajstić information content (AvgIpc) is 3.68. The molecule has 0 spiro atoms. The predicted octanol–water partition coefficient (Wildman–Crippen LogP) is 1.81. The minimum atomic E-state index is -0.952. The zero-order valence-corrected chi connectivity index (χ0v) is 23.6. The van der Waals surface area contributed by atoms with Crippen LogP contribution in [0.5, 0.6) is 0 Å². The molecular weight excluding hydrogens is 537 g/mol. The van der Waals surface area contributed by atoms with Gasteiger partial charge in [-0.15, -0.1) is 0 Å². The summed E-state index contributed by atoms with van der Waals surface area (Å²) in [4.78, 5) is 43.2. The number of hydrogen-bond donors (Lipinski definition) is 3. The molecule has 3 amide bonds. The number of ether oxygens (including phenoxy) is 1. The van der Waals surface area contributed by atoms with Gasteiger partial charge in [0.15, 0.2) is 0 Å². The summed E-state index contributed by atoms with van der Waals surface area (Å²) in [6, 6.07) is 11.4. The van der Waals surface area contributed by atoms with Crippen molar-refractivity contribution in [3.63, 3.8) is 0 Å². The predicted molar refractivity (Wildman–Crippen MR) is 150 cm³/mol. The van der Waals surface area contributed by atoms with Crippen molar-refractivity contribution in [2.75, 3.05) is 33.4 Å². The molecule has 1 saturated carbocycles. The minimum absolute atomic E-state index is 0.192. The van der Waals surface area contributed by atoms with Gasteiger partial charge >= 0.3 is 0 Å². The molecule has 5 N–H and O–H groups in total. The summed E-state index contributed by atoms with van der Waals surface area (Å²) in [5.74, 6) is -2.04. The number of hydrogen-bond acceptors (Lipinski definition) is 6. The lowest BCUT2D eigenvalue weighted by Gasteiger charge is -2.45. The van der Waals surface area contributed by atoms with E-state index in [0.717, 1.165) is 5.56 Å². The van der Waals surface area contributed by atoms with Crippen LogP contribution in [0.3, 0.4) is 0 Å². The number of nitrogens with two attached hydrogens (primary N) is 2. The van der Waals surface area contributed by atoms with E-state index in [1.54, 1.807) is 48.4 Å².